The Morgan fingerprint density at radius 2 is 0.976 bits per heavy atom. The minimum absolute atomic E-state index is 0.133. The molecule has 1 aliphatic rings. The average Bonchev–Trinajstić information content (AvgIpc) is 3.06. The summed E-state index contributed by atoms with van der Waals surface area (Å²) < 4.78 is 107. The first-order valence-corrected chi connectivity index (χ1v) is 17.1. The fourth-order valence-electron chi connectivity index (χ4n) is 4.04. The van der Waals surface area contributed by atoms with Crippen molar-refractivity contribution in [3.05, 3.63) is 89.5 Å². The van der Waals surface area contributed by atoms with Gasteiger partial charge in [-0.15, -0.1) is 0 Å². The summed E-state index contributed by atoms with van der Waals surface area (Å²) in [6.45, 7) is 5.63. The SMILES string of the molecule is Cc1ccc(S(=O)(=O)OC[C@@H]2OCO[C@@H](C)[C@@H](OS(=O)(=O)c3ccc(C)cc3)[C@@H]2OS(=O)(=O)c2ccc(C)cc2)cc1. The maximum atomic E-state index is 13.4. The van der Waals surface area contributed by atoms with Crippen LogP contribution < -0.4 is 0 Å². The monoisotopic (exact) mass is 640 g/mol. The molecule has 0 bridgehead atoms. The smallest absolute Gasteiger partial charge is 0.297 e. The highest BCUT2D eigenvalue weighted by atomic mass is 32.2. The molecular formula is C28H32O11S3. The van der Waals surface area contributed by atoms with Crippen molar-refractivity contribution >= 4 is 30.4 Å². The number of aryl methyl sites for hydroxylation is 3. The average molecular weight is 641 g/mol. The third-order valence-electron chi connectivity index (χ3n) is 6.56. The molecule has 1 aliphatic heterocycles. The number of ether oxygens (including phenoxy) is 2. The molecule has 3 aromatic carbocycles. The van der Waals surface area contributed by atoms with Crippen LogP contribution in [0.2, 0.25) is 0 Å². The van der Waals surface area contributed by atoms with Gasteiger partial charge in [-0.25, -0.2) is 0 Å². The van der Waals surface area contributed by atoms with Crippen LogP contribution in [0.3, 0.4) is 0 Å². The zero-order valence-corrected chi connectivity index (χ0v) is 25.8. The van der Waals surface area contributed by atoms with Crippen LogP contribution >= 0.6 is 0 Å². The molecular weight excluding hydrogens is 608 g/mol. The standard InChI is InChI=1S/C28H32O11S3/c1-19-5-11-23(12-6-19)40(29,30)37-17-26-28(39-42(33,34)25-15-9-21(3)10-16-25)27(22(4)35-18-36-26)38-41(31,32)24-13-7-20(2)8-14-24/h5-16,22,26-28H,17-18H2,1-4H3/t22-,26-,27+,28+/m0/s1. The van der Waals surface area contributed by atoms with Crippen LogP contribution in [0.25, 0.3) is 0 Å². The van der Waals surface area contributed by atoms with Gasteiger partial charge in [0.15, 0.2) is 0 Å². The van der Waals surface area contributed by atoms with Crippen LogP contribution in [0.4, 0.5) is 0 Å². The largest absolute Gasteiger partial charge is 0.350 e. The van der Waals surface area contributed by atoms with Crippen molar-refractivity contribution in [3.8, 4) is 0 Å². The minimum Gasteiger partial charge on any atom is -0.350 e. The van der Waals surface area contributed by atoms with Crippen LogP contribution in [0.15, 0.2) is 87.5 Å². The van der Waals surface area contributed by atoms with Crippen molar-refractivity contribution in [2.45, 2.75) is 66.8 Å². The van der Waals surface area contributed by atoms with Gasteiger partial charge in [-0.1, -0.05) is 53.1 Å². The molecule has 3 aromatic rings. The van der Waals surface area contributed by atoms with Gasteiger partial charge in [-0.05, 0) is 64.1 Å². The first-order valence-electron chi connectivity index (χ1n) is 12.9. The third kappa shape index (κ3) is 7.82. The quantitative estimate of drug-likeness (QED) is 0.299. The maximum absolute atomic E-state index is 13.4. The second kappa shape index (κ2) is 12.9. The molecule has 14 heteroatoms. The first-order chi connectivity index (χ1) is 19.7. The summed E-state index contributed by atoms with van der Waals surface area (Å²) in [5.74, 6) is 0. The Morgan fingerprint density at radius 1 is 0.595 bits per heavy atom. The lowest BCUT2D eigenvalue weighted by Gasteiger charge is -2.31. The van der Waals surface area contributed by atoms with Crippen LogP contribution in [-0.2, 0) is 52.4 Å². The van der Waals surface area contributed by atoms with E-state index in [0.29, 0.717) is 0 Å². The normalized spacial score (nSPS) is 22.0. The van der Waals surface area contributed by atoms with Crippen LogP contribution in [0.1, 0.15) is 23.6 Å². The Labute approximate surface area is 246 Å². The van der Waals surface area contributed by atoms with E-state index in [1.807, 2.05) is 0 Å². The lowest BCUT2D eigenvalue weighted by molar-refractivity contribution is -0.108. The predicted molar refractivity (Wildman–Crippen MR) is 151 cm³/mol. The van der Waals surface area contributed by atoms with E-state index in [-0.39, 0.29) is 14.7 Å². The first kappa shape index (κ1) is 32.2. The zero-order valence-electron chi connectivity index (χ0n) is 23.4. The van der Waals surface area contributed by atoms with Gasteiger partial charge in [0.1, 0.15) is 25.1 Å². The predicted octanol–water partition coefficient (Wildman–Crippen LogP) is 3.63. The van der Waals surface area contributed by atoms with Gasteiger partial charge in [-0.3, -0.25) is 12.5 Å². The molecule has 228 valence electrons. The summed E-state index contributed by atoms with van der Waals surface area (Å²) in [6, 6.07) is 17.5. The topological polar surface area (TPSA) is 149 Å². The van der Waals surface area contributed by atoms with E-state index in [1.165, 1.54) is 43.3 Å². The lowest BCUT2D eigenvalue weighted by Crippen LogP contribution is -2.49. The van der Waals surface area contributed by atoms with E-state index in [2.05, 4.69) is 0 Å². The van der Waals surface area contributed by atoms with E-state index in [9.17, 15) is 25.3 Å². The van der Waals surface area contributed by atoms with Gasteiger partial charge in [0, 0.05) is 0 Å². The Morgan fingerprint density at radius 3 is 1.40 bits per heavy atom. The van der Waals surface area contributed by atoms with E-state index < -0.39 is 68.2 Å². The molecule has 0 amide bonds. The van der Waals surface area contributed by atoms with Gasteiger partial charge < -0.3 is 9.47 Å². The molecule has 1 saturated heterocycles. The Kier molecular flexibility index (Phi) is 9.89. The molecule has 1 heterocycles. The van der Waals surface area contributed by atoms with Crippen molar-refractivity contribution in [2.75, 3.05) is 13.4 Å². The molecule has 0 spiro atoms. The zero-order chi connectivity index (χ0) is 30.7. The highest BCUT2D eigenvalue weighted by Gasteiger charge is 2.45. The van der Waals surface area contributed by atoms with Crippen molar-refractivity contribution in [2.24, 2.45) is 0 Å². The summed E-state index contributed by atoms with van der Waals surface area (Å²) in [7, 11) is -13.3. The number of hydrogen-bond donors (Lipinski definition) is 0. The molecule has 0 unspecified atom stereocenters. The molecule has 1 fully saturated rings. The Hall–Kier alpha value is -2.69. The van der Waals surface area contributed by atoms with Crippen molar-refractivity contribution in [3.63, 3.8) is 0 Å². The number of hydrogen-bond acceptors (Lipinski definition) is 11. The molecule has 11 nitrogen and oxygen atoms in total. The minimum atomic E-state index is -4.53. The maximum Gasteiger partial charge on any atom is 0.297 e. The third-order valence-corrected chi connectivity index (χ3v) is 10.5. The van der Waals surface area contributed by atoms with Crippen molar-refractivity contribution in [1.29, 1.82) is 0 Å². The van der Waals surface area contributed by atoms with Crippen LogP contribution in [0.5, 0.6) is 0 Å². The van der Waals surface area contributed by atoms with Crippen molar-refractivity contribution < 1.29 is 47.3 Å². The van der Waals surface area contributed by atoms with E-state index in [1.54, 1.807) is 57.2 Å². The lowest BCUT2D eigenvalue weighted by atomic mass is 10.0. The molecule has 42 heavy (non-hydrogen) atoms. The van der Waals surface area contributed by atoms with Crippen molar-refractivity contribution in [1.82, 2.24) is 0 Å². The molecule has 0 N–H and O–H groups in total. The van der Waals surface area contributed by atoms with Gasteiger partial charge in [-0.2, -0.15) is 25.3 Å². The molecule has 0 aromatic heterocycles. The van der Waals surface area contributed by atoms with Crippen LogP contribution in [0, 0.1) is 20.8 Å². The second-order valence-electron chi connectivity index (χ2n) is 9.90. The Balaban J connectivity index is 1.70. The van der Waals surface area contributed by atoms with E-state index >= 15 is 0 Å². The summed E-state index contributed by atoms with van der Waals surface area (Å²) in [6.07, 6.45) is -5.81. The summed E-state index contributed by atoms with van der Waals surface area (Å²) in [4.78, 5) is -0.524. The molecule has 0 aliphatic carbocycles. The highest BCUT2D eigenvalue weighted by Crippen LogP contribution is 2.29. The van der Waals surface area contributed by atoms with Gasteiger partial charge >= 0.3 is 0 Å². The van der Waals surface area contributed by atoms with Crippen LogP contribution in [-0.4, -0.2) is 63.1 Å². The van der Waals surface area contributed by atoms with Gasteiger partial charge in [0.2, 0.25) is 0 Å². The molecule has 0 saturated carbocycles. The number of benzene rings is 3. The fourth-order valence-corrected chi connectivity index (χ4v) is 7.20. The summed E-state index contributed by atoms with van der Waals surface area (Å²) in [5, 5.41) is 0. The van der Waals surface area contributed by atoms with Gasteiger partial charge in [0.05, 0.1) is 27.4 Å². The molecule has 4 atom stereocenters. The second-order valence-corrected chi connectivity index (χ2v) is 14.7. The summed E-state index contributed by atoms with van der Waals surface area (Å²) in [5.41, 5.74) is 2.44. The van der Waals surface area contributed by atoms with E-state index in [4.69, 9.17) is 22.0 Å². The summed E-state index contributed by atoms with van der Waals surface area (Å²) >= 11 is 0. The molecule has 4 rings (SSSR count). The Bertz CT molecular complexity index is 1680. The van der Waals surface area contributed by atoms with E-state index in [0.717, 1.165) is 16.7 Å². The highest BCUT2D eigenvalue weighted by molar-refractivity contribution is 7.87. The molecule has 0 radical (unpaired) electrons. The fraction of sp³-hybridized carbons (Fsp3) is 0.357. The van der Waals surface area contributed by atoms with Gasteiger partial charge in [0.25, 0.3) is 30.4 Å². The number of rotatable bonds is 10.